The molecule has 0 aliphatic heterocycles. The molecule has 0 heterocycles. The van der Waals surface area contributed by atoms with Gasteiger partial charge in [-0.05, 0) is 75.3 Å². The van der Waals surface area contributed by atoms with Gasteiger partial charge in [-0.25, -0.2) is 0 Å². The summed E-state index contributed by atoms with van der Waals surface area (Å²) in [7, 11) is 4.53. The number of nitrogens with zero attached hydrogens (tertiary/aromatic N) is 1. The molecule has 0 saturated heterocycles. The van der Waals surface area contributed by atoms with Crippen LogP contribution >= 0.6 is 0 Å². The Morgan fingerprint density at radius 3 is 2.67 bits per heavy atom. The van der Waals surface area contributed by atoms with Crippen molar-refractivity contribution in [3.63, 3.8) is 0 Å². The third-order valence-electron chi connectivity index (χ3n) is 6.77. The van der Waals surface area contributed by atoms with Gasteiger partial charge in [0.05, 0.1) is 0 Å². The van der Waals surface area contributed by atoms with Crippen molar-refractivity contribution >= 4 is 0 Å². The summed E-state index contributed by atoms with van der Waals surface area (Å²) >= 11 is 0. The summed E-state index contributed by atoms with van der Waals surface area (Å²) in [6.07, 6.45) is 11.9. The summed E-state index contributed by atoms with van der Waals surface area (Å²) in [6, 6.07) is 0. The van der Waals surface area contributed by atoms with E-state index in [0.29, 0.717) is 5.41 Å². The molecule has 5 unspecified atom stereocenters. The minimum Gasteiger partial charge on any atom is -0.319 e. The van der Waals surface area contributed by atoms with Crippen molar-refractivity contribution in [3.05, 3.63) is 0 Å². The van der Waals surface area contributed by atoms with Crippen LogP contribution in [0.25, 0.3) is 0 Å². The maximum Gasteiger partial charge on any atom is 0.00473 e. The lowest BCUT2D eigenvalue weighted by Gasteiger charge is -2.43. The van der Waals surface area contributed by atoms with Gasteiger partial charge in [0, 0.05) is 19.6 Å². The van der Waals surface area contributed by atoms with E-state index in [0.717, 1.165) is 23.7 Å². The molecule has 3 aliphatic carbocycles. The van der Waals surface area contributed by atoms with Crippen molar-refractivity contribution in [2.24, 2.45) is 29.1 Å². The van der Waals surface area contributed by atoms with Crippen molar-refractivity contribution in [1.29, 1.82) is 0 Å². The summed E-state index contributed by atoms with van der Waals surface area (Å²) < 4.78 is 0. The van der Waals surface area contributed by atoms with E-state index in [1.807, 2.05) is 0 Å². The average molecular weight is 293 g/mol. The highest BCUT2D eigenvalue weighted by molar-refractivity contribution is 4.93. The second-order valence-electron chi connectivity index (χ2n) is 8.86. The third-order valence-corrected chi connectivity index (χ3v) is 6.77. The smallest absolute Gasteiger partial charge is 0.00473 e. The zero-order chi connectivity index (χ0) is 14.9. The van der Waals surface area contributed by atoms with Gasteiger partial charge in [0.25, 0.3) is 0 Å². The molecule has 0 spiro atoms. The Kier molecular flexibility index (Phi) is 4.95. The quantitative estimate of drug-likeness (QED) is 0.801. The van der Waals surface area contributed by atoms with Gasteiger partial charge in [0.2, 0.25) is 0 Å². The van der Waals surface area contributed by atoms with E-state index in [4.69, 9.17) is 0 Å². The Bertz CT molecular complexity index is 338. The Balaban J connectivity index is 1.55. The third kappa shape index (κ3) is 3.64. The summed E-state index contributed by atoms with van der Waals surface area (Å²) in [6.45, 7) is 6.34. The van der Waals surface area contributed by atoms with Crippen LogP contribution in [0.2, 0.25) is 0 Å². The molecule has 3 aliphatic rings. The Morgan fingerprint density at radius 1 is 1.19 bits per heavy atom. The van der Waals surface area contributed by atoms with Crippen LogP contribution in [0.4, 0.5) is 0 Å². The van der Waals surface area contributed by atoms with Crippen molar-refractivity contribution < 1.29 is 0 Å². The number of hydrogen-bond acceptors (Lipinski definition) is 2. The average Bonchev–Trinajstić information content (AvgIpc) is 3.00. The number of nitrogens with one attached hydrogen (secondary N) is 1. The molecule has 3 saturated carbocycles. The fraction of sp³-hybridized carbons (Fsp3) is 1.00. The molecule has 5 atom stereocenters. The molecule has 21 heavy (non-hydrogen) atoms. The lowest BCUT2D eigenvalue weighted by molar-refractivity contribution is 0.0810. The normalized spacial score (nSPS) is 42.9. The summed E-state index contributed by atoms with van der Waals surface area (Å²) in [5.74, 6) is 4.10. The first-order valence-electron chi connectivity index (χ1n) is 9.43. The molecule has 2 nitrogen and oxygen atoms in total. The zero-order valence-corrected chi connectivity index (χ0v) is 14.5. The largest absolute Gasteiger partial charge is 0.319 e. The van der Waals surface area contributed by atoms with Gasteiger partial charge in [-0.1, -0.05) is 26.2 Å². The molecule has 2 heteroatoms. The molecule has 2 bridgehead atoms. The van der Waals surface area contributed by atoms with Crippen molar-refractivity contribution in [2.45, 2.75) is 58.3 Å². The molecule has 0 aromatic carbocycles. The van der Waals surface area contributed by atoms with Gasteiger partial charge in [-0.3, -0.25) is 0 Å². The maximum atomic E-state index is 3.50. The van der Waals surface area contributed by atoms with Gasteiger partial charge in [-0.2, -0.15) is 0 Å². The van der Waals surface area contributed by atoms with Crippen molar-refractivity contribution in [2.75, 3.05) is 33.7 Å². The van der Waals surface area contributed by atoms with E-state index >= 15 is 0 Å². The topological polar surface area (TPSA) is 15.3 Å². The SMILES string of the molecule is CNCC1(CN(C)CC2CC3CCC2C3)CCCC(C)C1. The van der Waals surface area contributed by atoms with Crippen LogP contribution in [0, 0.1) is 29.1 Å². The summed E-state index contributed by atoms with van der Waals surface area (Å²) in [4.78, 5) is 2.70. The molecule has 0 amide bonds. The standard InChI is InChI=1S/C19H36N2/c1-15-5-4-8-19(11-15,13-20-2)14-21(3)12-18-10-16-6-7-17(18)9-16/h15-18,20H,4-14H2,1-3H3. The maximum absolute atomic E-state index is 3.50. The molecule has 0 aromatic heterocycles. The fourth-order valence-corrected chi connectivity index (χ4v) is 6.14. The summed E-state index contributed by atoms with van der Waals surface area (Å²) in [5.41, 5.74) is 0.540. The van der Waals surface area contributed by atoms with Gasteiger partial charge in [-0.15, -0.1) is 0 Å². The van der Waals surface area contributed by atoms with Crippen LogP contribution in [0.1, 0.15) is 58.3 Å². The van der Waals surface area contributed by atoms with E-state index in [-0.39, 0.29) is 0 Å². The van der Waals surface area contributed by atoms with Gasteiger partial charge >= 0.3 is 0 Å². The van der Waals surface area contributed by atoms with E-state index in [1.54, 1.807) is 6.42 Å². The molecule has 0 radical (unpaired) electrons. The van der Waals surface area contributed by atoms with Crippen LogP contribution in [-0.4, -0.2) is 38.6 Å². The molecule has 3 fully saturated rings. The second-order valence-corrected chi connectivity index (χ2v) is 8.86. The van der Waals surface area contributed by atoms with Crippen LogP contribution in [0.3, 0.4) is 0 Å². The highest BCUT2D eigenvalue weighted by Crippen LogP contribution is 2.48. The lowest BCUT2D eigenvalue weighted by Crippen LogP contribution is -2.46. The summed E-state index contributed by atoms with van der Waals surface area (Å²) in [5, 5.41) is 3.50. The van der Waals surface area contributed by atoms with E-state index < -0.39 is 0 Å². The number of rotatable bonds is 6. The van der Waals surface area contributed by atoms with Crippen LogP contribution in [0.15, 0.2) is 0 Å². The number of fused-ring (bicyclic) bond motifs is 2. The monoisotopic (exact) mass is 292 g/mol. The van der Waals surface area contributed by atoms with Crippen molar-refractivity contribution in [3.8, 4) is 0 Å². The fourth-order valence-electron chi connectivity index (χ4n) is 6.14. The number of hydrogen-bond donors (Lipinski definition) is 1. The van der Waals surface area contributed by atoms with Crippen molar-refractivity contribution in [1.82, 2.24) is 10.2 Å². The second kappa shape index (κ2) is 6.58. The van der Waals surface area contributed by atoms with Gasteiger partial charge < -0.3 is 10.2 Å². The minimum absolute atomic E-state index is 0.540. The highest BCUT2D eigenvalue weighted by Gasteiger charge is 2.41. The van der Waals surface area contributed by atoms with E-state index in [1.165, 1.54) is 64.6 Å². The zero-order valence-electron chi connectivity index (χ0n) is 14.5. The predicted octanol–water partition coefficient (Wildman–Crippen LogP) is 3.77. The highest BCUT2D eigenvalue weighted by atomic mass is 15.1. The van der Waals surface area contributed by atoms with Crippen LogP contribution in [-0.2, 0) is 0 Å². The molecule has 3 rings (SSSR count). The first-order chi connectivity index (χ1) is 10.1. The Labute approximate surface area is 132 Å². The van der Waals surface area contributed by atoms with Gasteiger partial charge in [0.1, 0.15) is 0 Å². The van der Waals surface area contributed by atoms with E-state index in [9.17, 15) is 0 Å². The molecule has 0 aromatic rings. The molecular formula is C19H36N2. The van der Waals surface area contributed by atoms with Gasteiger partial charge in [0.15, 0.2) is 0 Å². The Morgan fingerprint density at radius 2 is 2.05 bits per heavy atom. The van der Waals surface area contributed by atoms with E-state index in [2.05, 4.69) is 31.2 Å². The first kappa shape index (κ1) is 15.8. The van der Waals surface area contributed by atoms with Crippen LogP contribution < -0.4 is 5.32 Å². The molecule has 1 N–H and O–H groups in total. The van der Waals surface area contributed by atoms with Crippen LogP contribution in [0.5, 0.6) is 0 Å². The molecule has 122 valence electrons. The lowest BCUT2D eigenvalue weighted by atomic mass is 9.69. The first-order valence-corrected chi connectivity index (χ1v) is 9.43. The molecular weight excluding hydrogens is 256 g/mol. The Hall–Kier alpha value is -0.0800. The predicted molar refractivity (Wildman–Crippen MR) is 90.4 cm³/mol. The minimum atomic E-state index is 0.540.